The summed E-state index contributed by atoms with van der Waals surface area (Å²) >= 11 is 0. The molecule has 0 aromatic heterocycles. The number of nitrogens with one attached hydrogen (secondary N) is 2. The van der Waals surface area contributed by atoms with Crippen LogP contribution in [0.5, 0.6) is 0 Å². The van der Waals surface area contributed by atoms with Gasteiger partial charge in [-0.25, -0.2) is 0 Å². The first-order valence-corrected chi connectivity index (χ1v) is 7.68. The topological polar surface area (TPSA) is 95.5 Å². The van der Waals surface area contributed by atoms with E-state index in [1.165, 1.54) is 6.92 Å². The van der Waals surface area contributed by atoms with Gasteiger partial charge in [-0.2, -0.15) is 0 Å². The summed E-state index contributed by atoms with van der Waals surface area (Å²) < 4.78 is 0. The van der Waals surface area contributed by atoms with Gasteiger partial charge in [0.15, 0.2) is 0 Å². The van der Waals surface area contributed by atoms with Gasteiger partial charge in [0.2, 0.25) is 11.8 Å². The number of carbonyl (C=O) groups is 3. The standard InChI is InChI=1S/C17H24N2O4/c1-3-6-15(18-12(2)20)17(23)19-14(11-16(21)22)10-9-13-7-4-5-8-13/h3-4,7-8,14-15H,1,5-6,9-11H2,2H3,(H,18,20)(H,19,23)(H,21,22)/t14-,15?/m1/s1. The second-order valence-corrected chi connectivity index (χ2v) is 5.54. The molecule has 0 aromatic rings. The Morgan fingerprint density at radius 1 is 1.39 bits per heavy atom. The van der Waals surface area contributed by atoms with Crippen LogP contribution in [0.3, 0.4) is 0 Å². The molecule has 6 heteroatoms. The average Bonchev–Trinajstić information content (AvgIpc) is 2.96. The Hall–Kier alpha value is -2.37. The fraction of sp³-hybridized carbons (Fsp3) is 0.471. The van der Waals surface area contributed by atoms with Crippen LogP contribution in [0.25, 0.3) is 0 Å². The fourth-order valence-corrected chi connectivity index (χ4v) is 2.41. The minimum absolute atomic E-state index is 0.149. The lowest BCUT2D eigenvalue weighted by Gasteiger charge is -2.21. The molecule has 6 nitrogen and oxygen atoms in total. The molecule has 2 atom stereocenters. The van der Waals surface area contributed by atoms with Crippen LogP contribution in [-0.2, 0) is 14.4 Å². The fourth-order valence-electron chi connectivity index (χ4n) is 2.41. The molecule has 126 valence electrons. The van der Waals surface area contributed by atoms with Crippen molar-refractivity contribution in [3.8, 4) is 0 Å². The van der Waals surface area contributed by atoms with E-state index in [1.54, 1.807) is 6.08 Å². The van der Waals surface area contributed by atoms with Gasteiger partial charge < -0.3 is 15.7 Å². The molecule has 23 heavy (non-hydrogen) atoms. The van der Waals surface area contributed by atoms with Gasteiger partial charge in [0.25, 0.3) is 0 Å². The molecule has 0 heterocycles. The Kier molecular flexibility index (Phi) is 7.80. The maximum atomic E-state index is 12.3. The smallest absolute Gasteiger partial charge is 0.305 e. The maximum Gasteiger partial charge on any atom is 0.305 e. The van der Waals surface area contributed by atoms with Gasteiger partial charge in [0.05, 0.1) is 6.42 Å². The van der Waals surface area contributed by atoms with Crippen LogP contribution >= 0.6 is 0 Å². The van der Waals surface area contributed by atoms with Crippen molar-refractivity contribution in [3.05, 3.63) is 36.5 Å². The van der Waals surface area contributed by atoms with Gasteiger partial charge in [-0.3, -0.25) is 14.4 Å². The van der Waals surface area contributed by atoms with Gasteiger partial charge in [-0.15, -0.1) is 6.58 Å². The number of hydrogen-bond donors (Lipinski definition) is 3. The third kappa shape index (κ3) is 7.44. The Labute approximate surface area is 136 Å². The van der Waals surface area contributed by atoms with E-state index < -0.39 is 18.1 Å². The summed E-state index contributed by atoms with van der Waals surface area (Å²) in [4.78, 5) is 34.4. The lowest BCUT2D eigenvalue weighted by Crippen LogP contribution is -2.49. The van der Waals surface area contributed by atoms with Crippen molar-refractivity contribution in [1.82, 2.24) is 10.6 Å². The summed E-state index contributed by atoms with van der Waals surface area (Å²) in [6.45, 7) is 4.90. The van der Waals surface area contributed by atoms with Gasteiger partial charge in [0.1, 0.15) is 6.04 Å². The van der Waals surface area contributed by atoms with E-state index in [1.807, 2.05) is 12.2 Å². The zero-order valence-corrected chi connectivity index (χ0v) is 13.4. The van der Waals surface area contributed by atoms with Crippen LogP contribution in [0.1, 0.15) is 39.0 Å². The van der Waals surface area contributed by atoms with E-state index in [9.17, 15) is 14.4 Å². The third-order valence-electron chi connectivity index (χ3n) is 3.49. The first-order valence-electron chi connectivity index (χ1n) is 7.68. The minimum atomic E-state index is -0.967. The Morgan fingerprint density at radius 2 is 2.13 bits per heavy atom. The lowest BCUT2D eigenvalue weighted by atomic mass is 10.0. The molecule has 0 saturated carbocycles. The largest absolute Gasteiger partial charge is 0.481 e. The molecule has 0 radical (unpaired) electrons. The number of carbonyl (C=O) groups excluding carboxylic acids is 2. The summed E-state index contributed by atoms with van der Waals surface area (Å²) in [7, 11) is 0. The lowest BCUT2D eigenvalue weighted by molar-refractivity contribution is -0.138. The molecule has 0 aromatic carbocycles. The zero-order chi connectivity index (χ0) is 17.2. The molecule has 1 aliphatic carbocycles. The Bertz CT molecular complexity index is 523. The summed E-state index contributed by atoms with van der Waals surface area (Å²) in [5, 5.41) is 14.3. The van der Waals surface area contributed by atoms with Crippen LogP contribution in [0.4, 0.5) is 0 Å². The van der Waals surface area contributed by atoms with Crippen molar-refractivity contribution in [2.75, 3.05) is 0 Å². The normalized spacial score (nSPS) is 15.4. The van der Waals surface area contributed by atoms with Crippen LogP contribution in [0.2, 0.25) is 0 Å². The summed E-state index contributed by atoms with van der Waals surface area (Å²) in [6, 6.07) is -1.21. The molecular weight excluding hydrogens is 296 g/mol. The van der Waals surface area contributed by atoms with E-state index in [0.717, 1.165) is 12.0 Å². The van der Waals surface area contributed by atoms with Crippen molar-refractivity contribution in [1.29, 1.82) is 0 Å². The molecule has 1 rings (SSSR count). The molecule has 1 aliphatic rings. The number of aliphatic carboxylic acids is 1. The van der Waals surface area contributed by atoms with Gasteiger partial charge in [-0.1, -0.05) is 29.9 Å². The molecule has 0 aliphatic heterocycles. The maximum absolute atomic E-state index is 12.3. The molecule has 0 saturated heterocycles. The van der Waals surface area contributed by atoms with Crippen molar-refractivity contribution >= 4 is 17.8 Å². The second kappa shape index (κ2) is 9.61. The number of amides is 2. The predicted molar refractivity (Wildman–Crippen MR) is 87.7 cm³/mol. The molecule has 2 amide bonds. The molecular formula is C17H24N2O4. The number of carboxylic acids is 1. The monoisotopic (exact) mass is 320 g/mol. The highest BCUT2D eigenvalue weighted by molar-refractivity contribution is 5.87. The van der Waals surface area contributed by atoms with Crippen LogP contribution < -0.4 is 10.6 Å². The van der Waals surface area contributed by atoms with Crippen molar-refractivity contribution in [2.24, 2.45) is 0 Å². The molecule has 0 fully saturated rings. The SMILES string of the molecule is C=CCC(NC(C)=O)C(=O)N[C@H](CCC1=CCC=C1)CC(=O)O. The third-order valence-corrected chi connectivity index (χ3v) is 3.49. The second-order valence-electron chi connectivity index (χ2n) is 5.54. The van der Waals surface area contributed by atoms with Crippen LogP contribution in [0.15, 0.2) is 36.5 Å². The number of allylic oxidation sites excluding steroid dienone is 4. The quantitative estimate of drug-likeness (QED) is 0.534. The molecule has 1 unspecified atom stereocenters. The summed E-state index contributed by atoms with van der Waals surface area (Å²) in [6.07, 6.45) is 9.96. The number of hydrogen-bond acceptors (Lipinski definition) is 3. The van der Waals surface area contributed by atoms with E-state index in [-0.39, 0.29) is 18.2 Å². The van der Waals surface area contributed by atoms with E-state index in [4.69, 9.17) is 5.11 Å². The molecule has 0 spiro atoms. The van der Waals surface area contributed by atoms with Crippen molar-refractivity contribution in [3.63, 3.8) is 0 Å². The van der Waals surface area contributed by atoms with Gasteiger partial charge in [-0.05, 0) is 25.7 Å². The molecule has 3 N–H and O–H groups in total. The van der Waals surface area contributed by atoms with E-state index in [0.29, 0.717) is 19.3 Å². The number of carboxylic acid groups (broad SMARTS) is 1. The van der Waals surface area contributed by atoms with Gasteiger partial charge >= 0.3 is 5.97 Å². The van der Waals surface area contributed by atoms with Crippen LogP contribution in [0, 0.1) is 0 Å². The minimum Gasteiger partial charge on any atom is -0.481 e. The van der Waals surface area contributed by atoms with E-state index in [2.05, 4.69) is 23.3 Å². The highest BCUT2D eigenvalue weighted by Crippen LogP contribution is 2.17. The number of rotatable bonds is 10. The highest BCUT2D eigenvalue weighted by Gasteiger charge is 2.22. The average molecular weight is 320 g/mol. The molecule has 0 bridgehead atoms. The van der Waals surface area contributed by atoms with Crippen LogP contribution in [-0.4, -0.2) is 35.0 Å². The zero-order valence-electron chi connectivity index (χ0n) is 13.4. The Balaban J connectivity index is 2.63. The summed E-state index contributed by atoms with van der Waals surface area (Å²) in [5.41, 5.74) is 1.15. The first kappa shape index (κ1) is 18.7. The van der Waals surface area contributed by atoms with Gasteiger partial charge in [0, 0.05) is 13.0 Å². The van der Waals surface area contributed by atoms with E-state index >= 15 is 0 Å². The predicted octanol–water partition coefficient (Wildman–Crippen LogP) is 1.69. The Morgan fingerprint density at radius 3 is 2.65 bits per heavy atom. The summed E-state index contributed by atoms with van der Waals surface area (Å²) in [5.74, 6) is -1.67. The highest BCUT2D eigenvalue weighted by atomic mass is 16.4. The van der Waals surface area contributed by atoms with Crippen molar-refractivity contribution in [2.45, 2.75) is 51.1 Å². The first-order chi connectivity index (χ1) is 10.9. The van der Waals surface area contributed by atoms with Crippen molar-refractivity contribution < 1.29 is 19.5 Å².